The van der Waals surface area contributed by atoms with Crippen molar-refractivity contribution in [2.24, 2.45) is 0 Å². The van der Waals surface area contributed by atoms with Crippen molar-refractivity contribution < 1.29 is 19.8 Å². The van der Waals surface area contributed by atoms with E-state index in [-0.39, 0.29) is 17.1 Å². The van der Waals surface area contributed by atoms with Crippen LogP contribution in [0.2, 0.25) is 0 Å². The number of benzene rings is 2. The van der Waals surface area contributed by atoms with Crippen molar-refractivity contribution in [1.29, 1.82) is 0 Å². The molecule has 0 fully saturated rings. The summed E-state index contributed by atoms with van der Waals surface area (Å²) in [4.78, 5) is 22.9. The minimum absolute atomic E-state index is 0.121. The fraction of sp³-hybridized carbons (Fsp3) is 0.111. The van der Waals surface area contributed by atoms with E-state index >= 15 is 0 Å². The van der Waals surface area contributed by atoms with Crippen LogP contribution < -0.4 is 0 Å². The van der Waals surface area contributed by atoms with E-state index in [0.29, 0.717) is 23.4 Å². The number of aromatic carboxylic acids is 1. The molecule has 0 radical (unpaired) electrons. The Morgan fingerprint density at radius 3 is 2.30 bits per heavy atom. The molecule has 0 aliphatic carbocycles. The molecule has 2 rings (SSSR count). The Morgan fingerprint density at radius 2 is 1.70 bits per heavy atom. The number of carbonyl (C=O) groups excluding carboxylic acids is 1. The third kappa shape index (κ3) is 4.44. The number of carbonyl (C=O) groups is 2. The average molecular weight is 331 g/mol. The lowest BCUT2D eigenvalue weighted by Gasteiger charge is -2.04. The van der Waals surface area contributed by atoms with Gasteiger partial charge >= 0.3 is 5.97 Å². The molecular formula is C18H15ClO4. The Labute approximate surface area is 138 Å². The highest BCUT2D eigenvalue weighted by molar-refractivity contribution is 6.18. The maximum absolute atomic E-state index is 12.2. The number of allylic oxidation sites excluding steroid dienone is 1. The number of aryl methyl sites for hydroxylation is 1. The third-order valence-electron chi connectivity index (χ3n) is 3.31. The first-order valence-corrected chi connectivity index (χ1v) is 7.48. The molecule has 0 unspecified atom stereocenters. The second-order valence-corrected chi connectivity index (χ2v) is 5.29. The van der Waals surface area contributed by atoms with E-state index in [2.05, 4.69) is 0 Å². The lowest BCUT2D eigenvalue weighted by molar-refractivity contribution is 0.0696. The molecule has 0 saturated carbocycles. The highest BCUT2D eigenvalue weighted by Crippen LogP contribution is 2.20. The molecule has 23 heavy (non-hydrogen) atoms. The van der Waals surface area contributed by atoms with Crippen LogP contribution in [0, 0.1) is 0 Å². The minimum Gasteiger partial charge on any atom is -0.508 e. The van der Waals surface area contributed by atoms with Gasteiger partial charge in [0.1, 0.15) is 5.75 Å². The average Bonchev–Trinajstić information content (AvgIpc) is 2.55. The molecule has 0 spiro atoms. The van der Waals surface area contributed by atoms with E-state index in [0.717, 1.165) is 5.56 Å². The smallest absolute Gasteiger partial charge is 0.335 e. The van der Waals surface area contributed by atoms with Gasteiger partial charge in [-0.1, -0.05) is 18.2 Å². The van der Waals surface area contributed by atoms with Crippen LogP contribution in [0.25, 0.3) is 6.08 Å². The summed E-state index contributed by atoms with van der Waals surface area (Å²) in [6, 6.07) is 10.9. The summed E-state index contributed by atoms with van der Waals surface area (Å²) in [5.74, 6) is -0.720. The number of rotatable bonds is 6. The standard InChI is InChI=1S/C18H15ClO4/c19-10-9-15-11-14(6-8-17(15)21)16(20)7-3-12-1-4-13(5-2-12)18(22)23/h1-8,11,21H,9-10H2,(H,22,23). The topological polar surface area (TPSA) is 74.6 Å². The minimum atomic E-state index is -0.993. The van der Waals surface area contributed by atoms with Crippen LogP contribution in [0.5, 0.6) is 5.75 Å². The lowest BCUT2D eigenvalue weighted by atomic mass is 10.0. The number of hydrogen-bond donors (Lipinski definition) is 2. The molecule has 4 nitrogen and oxygen atoms in total. The van der Waals surface area contributed by atoms with Crippen molar-refractivity contribution in [3.8, 4) is 5.75 Å². The molecule has 0 aliphatic heterocycles. The highest BCUT2D eigenvalue weighted by Gasteiger charge is 2.07. The monoisotopic (exact) mass is 330 g/mol. The van der Waals surface area contributed by atoms with E-state index in [1.165, 1.54) is 24.3 Å². The van der Waals surface area contributed by atoms with Gasteiger partial charge in [-0.3, -0.25) is 4.79 Å². The van der Waals surface area contributed by atoms with Crippen LogP contribution in [0.3, 0.4) is 0 Å². The molecule has 2 N–H and O–H groups in total. The predicted octanol–water partition coefficient (Wildman–Crippen LogP) is 3.77. The van der Waals surface area contributed by atoms with Crippen LogP contribution in [0.1, 0.15) is 31.8 Å². The van der Waals surface area contributed by atoms with Crippen molar-refractivity contribution in [3.05, 3.63) is 70.8 Å². The Balaban J connectivity index is 2.14. The molecule has 2 aromatic carbocycles. The zero-order chi connectivity index (χ0) is 16.8. The van der Waals surface area contributed by atoms with Crippen molar-refractivity contribution in [2.75, 3.05) is 5.88 Å². The van der Waals surface area contributed by atoms with E-state index in [9.17, 15) is 14.7 Å². The Hall–Kier alpha value is -2.59. The van der Waals surface area contributed by atoms with E-state index in [4.69, 9.17) is 16.7 Å². The Bertz CT molecular complexity index is 748. The Morgan fingerprint density at radius 1 is 1.04 bits per heavy atom. The van der Waals surface area contributed by atoms with Gasteiger partial charge in [-0.05, 0) is 54.0 Å². The summed E-state index contributed by atoms with van der Waals surface area (Å²) in [6.07, 6.45) is 3.50. The quantitative estimate of drug-likeness (QED) is 0.480. The molecule has 0 atom stereocenters. The predicted molar refractivity (Wildman–Crippen MR) is 89.3 cm³/mol. The van der Waals surface area contributed by atoms with Crippen LogP contribution in [0.15, 0.2) is 48.5 Å². The van der Waals surface area contributed by atoms with Crippen molar-refractivity contribution in [3.63, 3.8) is 0 Å². The molecule has 118 valence electrons. The SMILES string of the molecule is O=C(O)c1ccc(C=CC(=O)c2ccc(O)c(CCCl)c2)cc1. The number of aromatic hydroxyl groups is 1. The van der Waals surface area contributed by atoms with Gasteiger partial charge in [0.2, 0.25) is 0 Å². The zero-order valence-electron chi connectivity index (χ0n) is 12.2. The summed E-state index contributed by atoms with van der Waals surface area (Å²) in [7, 11) is 0. The van der Waals surface area contributed by atoms with Crippen molar-refractivity contribution in [1.82, 2.24) is 0 Å². The van der Waals surface area contributed by atoms with Gasteiger partial charge in [0.15, 0.2) is 5.78 Å². The van der Waals surface area contributed by atoms with Crippen LogP contribution >= 0.6 is 11.6 Å². The maximum Gasteiger partial charge on any atom is 0.335 e. The number of carboxylic acid groups (broad SMARTS) is 1. The summed E-state index contributed by atoms with van der Waals surface area (Å²) < 4.78 is 0. The van der Waals surface area contributed by atoms with Gasteiger partial charge in [-0.15, -0.1) is 11.6 Å². The molecular weight excluding hydrogens is 316 g/mol. The number of hydrogen-bond acceptors (Lipinski definition) is 3. The number of ketones is 1. The molecule has 0 heterocycles. The number of carboxylic acids is 1. The summed E-state index contributed by atoms with van der Waals surface area (Å²) in [5.41, 5.74) is 2.01. The first-order valence-electron chi connectivity index (χ1n) is 6.95. The number of phenols is 1. The second-order valence-electron chi connectivity index (χ2n) is 4.91. The molecule has 0 bridgehead atoms. The molecule has 0 amide bonds. The van der Waals surface area contributed by atoms with Gasteiger partial charge in [0.05, 0.1) is 5.56 Å². The van der Waals surface area contributed by atoms with E-state index in [1.807, 2.05) is 0 Å². The first kappa shape index (κ1) is 16.8. The van der Waals surface area contributed by atoms with Crippen LogP contribution in [0.4, 0.5) is 0 Å². The Kier molecular flexibility index (Phi) is 5.55. The maximum atomic E-state index is 12.2. The van der Waals surface area contributed by atoms with Crippen LogP contribution in [-0.4, -0.2) is 27.8 Å². The molecule has 0 saturated heterocycles. The van der Waals surface area contributed by atoms with Gasteiger partial charge in [0.25, 0.3) is 0 Å². The molecule has 2 aromatic rings. The van der Waals surface area contributed by atoms with Crippen LogP contribution in [-0.2, 0) is 6.42 Å². The number of alkyl halides is 1. The first-order chi connectivity index (χ1) is 11.0. The fourth-order valence-corrected chi connectivity index (χ4v) is 2.25. The summed E-state index contributed by atoms with van der Waals surface area (Å²) in [5, 5.41) is 18.5. The third-order valence-corrected chi connectivity index (χ3v) is 3.50. The number of halogens is 1. The van der Waals surface area contributed by atoms with E-state index < -0.39 is 5.97 Å². The largest absolute Gasteiger partial charge is 0.508 e. The molecule has 0 aliphatic rings. The normalized spacial score (nSPS) is 10.8. The van der Waals surface area contributed by atoms with Crippen molar-refractivity contribution >= 4 is 29.4 Å². The molecule has 5 heteroatoms. The highest BCUT2D eigenvalue weighted by atomic mass is 35.5. The summed E-state index contributed by atoms with van der Waals surface area (Å²) in [6.45, 7) is 0. The zero-order valence-corrected chi connectivity index (χ0v) is 13.0. The summed E-state index contributed by atoms with van der Waals surface area (Å²) >= 11 is 5.66. The fourth-order valence-electron chi connectivity index (χ4n) is 2.05. The van der Waals surface area contributed by atoms with Crippen molar-refractivity contribution in [2.45, 2.75) is 6.42 Å². The second kappa shape index (κ2) is 7.61. The van der Waals surface area contributed by atoms with Gasteiger partial charge in [-0.25, -0.2) is 4.79 Å². The van der Waals surface area contributed by atoms with Gasteiger partial charge < -0.3 is 10.2 Å². The lowest BCUT2D eigenvalue weighted by Crippen LogP contribution is -1.97. The van der Waals surface area contributed by atoms with E-state index in [1.54, 1.807) is 30.3 Å². The molecule has 0 aromatic heterocycles. The number of phenolic OH excluding ortho intramolecular Hbond substituents is 1. The van der Waals surface area contributed by atoms with Gasteiger partial charge in [-0.2, -0.15) is 0 Å². The van der Waals surface area contributed by atoms with Gasteiger partial charge in [0, 0.05) is 11.4 Å².